The van der Waals surface area contributed by atoms with Crippen LogP contribution in [0.3, 0.4) is 0 Å². The molecule has 0 bridgehead atoms. The van der Waals surface area contributed by atoms with Gasteiger partial charge in [0.25, 0.3) is 5.91 Å². The van der Waals surface area contributed by atoms with Crippen LogP contribution in [0.4, 0.5) is 13.2 Å². The Morgan fingerprint density at radius 2 is 1.71 bits per heavy atom. The van der Waals surface area contributed by atoms with Crippen molar-refractivity contribution in [3.63, 3.8) is 0 Å². The van der Waals surface area contributed by atoms with Crippen LogP contribution in [0.15, 0.2) is 18.5 Å². The van der Waals surface area contributed by atoms with E-state index in [9.17, 15) is 18.0 Å². The fraction of sp³-hybridized carbons (Fsp3) is 0.619. The van der Waals surface area contributed by atoms with Crippen LogP contribution in [-0.4, -0.2) is 50.9 Å². The minimum absolute atomic E-state index is 0.0125. The third-order valence-corrected chi connectivity index (χ3v) is 7.30. The highest BCUT2D eigenvalue weighted by molar-refractivity contribution is 7.17. The number of halogens is 3. The number of hydrogen-bond donors (Lipinski definition) is 1. The number of nitrogens with zero attached hydrogens (tertiary/aromatic N) is 4. The molecule has 1 amide bonds. The van der Waals surface area contributed by atoms with E-state index in [0.717, 1.165) is 58.0 Å². The Balaban J connectivity index is 1.56. The largest absolute Gasteiger partial charge is 0.435 e. The lowest BCUT2D eigenvalue weighted by Gasteiger charge is -2.48. The Morgan fingerprint density at radius 3 is 2.35 bits per heavy atom. The molecule has 1 N–H and O–H groups in total. The molecule has 0 unspecified atom stereocenters. The predicted molar refractivity (Wildman–Crippen MR) is 112 cm³/mol. The van der Waals surface area contributed by atoms with Gasteiger partial charge < -0.3 is 5.32 Å². The summed E-state index contributed by atoms with van der Waals surface area (Å²) in [6, 6.07) is 1.57. The average molecular weight is 454 g/mol. The third kappa shape index (κ3) is 4.90. The number of likely N-dealkylation sites (tertiary alicyclic amines) is 1. The molecule has 31 heavy (non-hydrogen) atoms. The number of aromatic nitrogens is 3. The number of alkyl halides is 3. The second-order valence-electron chi connectivity index (χ2n) is 8.28. The Kier molecular flexibility index (Phi) is 6.57. The highest BCUT2D eigenvalue weighted by Crippen LogP contribution is 2.38. The molecule has 168 valence electrons. The molecule has 6 nitrogen and oxygen atoms in total. The summed E-state index contributed by atoms with van der Waals surface area (Å²) in [5, 5.41) is 2.82. The van der Waals surface area contributed by atoms with Crippen LogP contribution in [0, 0.1) is 0 Å². The van der Waals surface area contributed by atoms with Crippen molar-refractivity contribution in [3.05, 3.63) is 29.0 Å². The van der Waals surface area contributed by atoms with Gasteiger partial charge in [-0.15, -0.1) is 11.3 Å². The summed E-state index contributed by atoms with van der Waals surface area (Å²) in [6.07, 6.45) is 6.85. The molecule has 2 fully saturated rings. The monoisotopic (exact) mass is 453 g/mol. The second-order valence-corrected chi connectivity index (χ2v) is 9.28. The van der Waals surface area contributed by atoms with Gasteiger partial charge in [-0.3, -0.25) is 9.69 Å². The maximum atomic E-state index is 13.6. The zero-order valence-electron chi connectivity index (χ0n) is 17.2. The number of carbonyl (C=O) groups is 1. The summed E-state index contributed by atoms with van der Waals surface area (Å²) >= 11 is 0.687. The Hall–Kier alpha value is -2.07. The number of hydrogen-bond acceptors (Lipinski definition) is 6. The second kappa shape index (κ2) is 9.20. The van der Waals surface area contributed by atoms with E-state index >= 15 is 0 Å². The van der Waals surface area contributed by atoms with E-state index in [1.54, 1.807) is 6.07 Å². The molecular weight excluding hydrogens is 427 g/mol. The molecule has 2 aromatic heterocycles. The fourth-order valence-electron chi connectivity index (χ4n) is 4.68. The average Bonchev–Trinajstić information content (AvgIpc) is 3.26. The summed E-state index contributed by atoms with van der Waals surface area (Å²) in [5.74, 6) is -0.650. The molecule has 1 aliphatic carbocycles. The van der Waals surface area contributed by atoms with Gasteiger partial charge in [-0.2, -0.15) is 13.2 Å². The first-order valence-corrected chi connectivity index (χ1v) is 11.6. The summed E-state index contributed by atoms with van der Waals surface area (Å²) in [4.78, 5) is 26.6. The predicted octanol–water partition coefficient (Wildman–Crippen LogP) is 4.54. The number of thiazole rings is 1. The standard InChI is InChI=1S/C21H26F3N5OS/c22-21(23,24)16-15(31-19(28-16)17-25-10-7-11-26-17)18(30)27-14-20(8-3-1-4-9-20)29-12-5-2-6-13-29/h7,10-11H,1-6,8-9,12-14H2,(H,27,30). The first kappa shape index (κ1) is 22.1. The van der Waals surface area contributed by atoms with Crippen molar-refractivity contribution in [3.8, 4) is 10.8 Å². The van der Waals surface area contributed by atoms with Gasteiger partial charge in [-0.1, -0.05) is 25.7 Å². The molecular formula is C21H26F3N5OS. The van der Waals surface area contributed by atoms with Crippen molar-refractivity contribution >= 4 is 17.2 Å². The molecule has 1 saturated carbocycles. The first-order valence-electron chi connectivity index (χ1n) is 10.8. The van der Waals surface area contributed by atoms with Gasteiger partial charge in [-0.05, 0) is 44.8 Å². The van der Waals surface area contributed by atoms with Gasteiger partial charge >= 0.3 is 6.18 Å². The molecule has 0 radical (unpaired) electrons. The molecule has 0 aromatic carbocycles. The maximum absolute atomic E-state index is 13.6. The van der Waals surface area contributed by atoms with E-state index in [1.165, 1.54) is 18.8 Å². The van der Waals surface area contributed by atoms with Crippen molar-refractivity contribution < 1.29 is 18.0 Å². The van der Waals surface area contributed by atoms with Crippen molar-refractivity contribution in [2.75, 3.05) is 19.6 Å². The lowest BCUT2D eigenvalue weighted by molar-refractivity contribution is -0.141. The van der Waals surface area contributed by atoms with Crippen molar-refractivity contribution in [1.29, 1.82) is 0 Å². The Labute approximate surface area is 183 Å². The van der Waals surface area contributed by atoms with Crippen LogP contribution in [0.1, 0.15) is 66.7 Å². The van der Waals surface area contributed by atoms with Crippen LogP contribution in [-0.2, 0) is 6.18 Å². The van der Waals surface area contributed by atoms with Crippen LogP contribution in [0.2, 0.25) is 0 Å². The van der Waals surface area contributed by atoms with Crippen molar-refractivity contribution in [2.45, 2.75) is 63.1 Å². The Morgan fingerprint density at radius 1 is 1.06 bits per heavy atom. The van der Waals surface area contributed by atoms with E-state index in [-0.39, 0.29) is 16.4 Å². The van der Waals surface area contributed by atoms with Gasteiger partial charge in [0, 0.05) is 24.5 Å². The maximum Gasteiger partial charge on any atom is 0.435 e. The first-order chi connectivity index (χ1) is 14.9. The van der Waals surface area contributed by atoms with Crippen LogP contribution < -0.4 is 5.32 Å². The van der Waals surface area contributed by atoms with E-state index in [0.29, 0.717) is 17.9 Å². The smallest absolute Gasteiger partial charge is 0.349 e. The zero-order chi connectivity index (χ0) is 21.9. The SMILES string of the molecule is O=C(NCC1(N2CCCCC2)CCCCC1)c1sc(-c2ncccn2)nc1C(F)(F)F. The summed E-state index contributed by atoms with van der Waals surface area (Å²) < 4.78 is 40.8. The van der Waals surface area contributed by atoms with Gasteiger partial charge in [-0.25, -0.2) is 15.0 Å². The van der Waals surface area contributed by atoms with Crippen LogP contribution in [0.25, 0.3) is 10.8 Å². The van der Waals surface area contributed by atoms with Crippen LogP contribution >= 0.6 is 11.3 Å². The molecule has 1 aliphatic heterocycles. The van der Waals surface area contributed by atoms with E-state index in [4.69, 9.17) is 0 Å². The van der Waals surface area contributed by atoms with Gasteiger partial charge in [0.05, 0.1) is 0 Å². The highest BCUT2D eigenvalue weighted by atomic mass is 32.1. The normalized spacial score (nSPS) is 19.8. The lowest BCUT2D eigenvalue weighted by atomic mass is 9.79. The summed E-state index contributed by atoms with van der Waals surface area (Å²) in [5.41, 5.74) is -1.34. The van der Waals surface area contributed by atoms with Crippen molar-refractivity contribution in [2.24, 2.45) is 0 Å². The van der Waals surface area contributed by atoms with Gasteiger partial charge in [0.2, 0.25) is 0 Å². The summed E-state index contributed by atoms with van der Waals surface area (Å²) in [7, 11) is 0. The minimum atomic E-state index is -4.73. The molecule has 0 spiro atoms. The highest BCUT2D eigenvalue weighted by Gasteiger charge is 2.42. The van der Waals surface area contributed by atoms with E-state index < -0.39 is 22.7 Å². The number of nitrogens with one attached hydrogen (secondary N) is 1. The Bertz CT molecular complexity index is 890. The number of carbonyl (C=O) groups excluding carboxylic acids is 1. The molecule has 1 saturated heterocycles. The molecule has 3 heterocycles. The fourth-order valence-corrected chi connectivity index (χ4v) is 5.63. The third-order valence-electron chi connectivity index (χ3n) is 6.25. The molecule has 10 heteroatoms. The lowest BCUT2D eigenvalue weighted by Crippen LogP contribution is -2.58. The van der Waals surface area contributed by atoms with E-state index in [1.807, 2.05) is 0 Å². The number of amides is 1. The van der Waals surface area contributed by atoms with Crippen molar-refractivity contribution in [1.82, 2.24) is 25.2 Å². The molecule has 0 atom stereocenters. The van der Waals surface area contributed by atoms with E-state index in [2.05, 4.69) is 25.2 Å². The quantitative estimate of drug-likeness (QED) is 0.720. The molecule has 2 aliphatic rings. The zero-order valence-corrected chi connectivity index (χ0v) is 18.1. The topological polar surface area (TPSA) is 71.0 Å². The van der Waals surface area contributed by atoms with Crippen LogP contribution in [0.5, 0.6) is 0 Å². The summed E-state index contributed by atoms with van der Waals surface area (Å²) in [6.45, 7) is 2.33. The van der Waals surface area contributed by atoms with Gasteiger partial charge in [0.1, 0.15) is 4.88 Å². The number of piperidine rings is 1. The number of rotatable bonds is 5. The van der Waals surface area contributed by atoms with Gasteiger partial charge in [0.15, 0.2) is 16.5 Å². The minimum Gasteiger partial charge on any atom is -0.349 e. The molecule has 2 aromatic rings. The molecule has 4 rings (SSSR count).